The van der Waals surface area contributed by atoms with Gasteiger partial charge in [-0.1, -0.05) is 30.3 Å². The van der Waals surface area contributed by atoms with Crippen LogP contribution in [0.4, 0.5) is 5.69 Å². The summed E-state index contributed by atoms with van der Waals surface area (Å²) in [6, 6.07) is 15.8. The second-order valence-corrected chi connectivity index (χ2v) is 8.86. The first-order valence-corrected chi connectivity index (χ1v) is 10.0. The van der Waals surface area contributed by atoms with Gasteiger partial charge in [-0.2, -0.15) is 0 Å². The highest BCUT2D eigenvalue weighted by Gasteiger charge is 2.25. The maximum absolute atomic E-state index is 12.3. The zero-order valence-electron chi connectivity index (χ0n) is 15.4. The molecule has 0 unspecified atom stereocenters. The van der Waals surface area contributed by atoms with Crippen molar-refractivity contribution >= 4 is 21.6 Å². The Morgan fingerprint density at radius 1 is 1.04 bits per heavy atom. The first-order valence-electron chi connectivity index (χ1n) is 8.17. The van der Waals surface area contributed by atoms with Gasteiger partial charge in [0.1, 0.15) is 12.3 Å². The second kappa shape index (κ2) is 7.78. The molecule has 0 aromatic heterocycles. The minimum absolute atomic E-state index is 0.308. The molecule has 2 rings (SSSR count). The van der Waals surface area contributed by atoms with Crippen molar-refractivity contribution in [2.24, 2.45) is 0 Å². The SMILES string of the molecule is CC(C)(C)NC(=O)CN(c1ccccc1Oc1ccccc1)S(C)(=O)=O. The average Bonchev–Trinajstić information content (AvgIpc) is 2.52. The van der Waals surface area contributed by atoms with Gasteiger partial charge in [0.25, 0.3) is 0 Å². The molecule has 0 radical (unpaired) electrons. The molecule has 0 fully saturated rings. The van der Waals surface area contributed by atoms with Crippen LogP contribution >= 0.6 is 0 Å². The molecular weight excluding hydrogens is 352 g/mol. The van der Waals surface area contributed by atoms with Gasteiger partial charge < -0.3 is 10.1 Å². The fraction of sp³-hybridized carbons (Fsp3) is 0.316. The van der Waals surface area contributed by atoms with Crippen molar-refractivity contribution in [2.45, 2.75) is 26.3 Å². The van der Waals surface area contributed by atoms with E-state index in [1.807, 2.05) is 39.0 Å². The van der Waals surface area contributed by atoms with Gasteiger partial charge >= 0.3 is 0 Å². The predicted molar refractivity (Wildman–Crippen MR) is 103 cm³/mol. The van der Waals surface area contributed by atoms with Gasteiger partial charge in [0, 0.05) is 5.54 Å². The van der Waals surface area contributed by atoms with Crippen molar-refractivity contribution in [3.63, 3.8) is 0 Å². The van der Waals surface area contributed by atoms with Crippen LogP contribution in [-0.2, 0) is 14.8 Å². The number of rotatable bonds is 6. The summed E-state index contributed by atoms with van der Waals surface area (Å²) >= 11 is 0. The highest BCUT2D eigenvalue weighted by Crippen LogP contribution is 2.33. The molecular formula is C19H24N2O4S. The highest BCUT2D eigenvalue weighted by molar-refractivity contribution is 7.92. The number of hydrogen-bond acceptors (Lipinski definition) is 4. The van der Waals surface area contributed by atoms with Crippen LogP contribution in [0.1, 0.15) is 20.8 Å². The largest absolute Gasteiger partial charge is 0.455 e. The lowest BCUT2D eigenvalue weighted by atomic mass is 10.1. The lowest BCUT2D eigenvalue weighted by Crippen LogP contribution is -2.47. The summed E-state index contributed by atoms with van der Waals surface area (Å²) < 4.78 is 31.5. The molecule has 140 valence electrons. The van der Waals surface area contributed by atoms with E-state index in [1.165, 1.54) is 0 Å². The monoisotopic (exact) mass is 376 g/mol. The summed E-state index contributed by atoms with van der Waals surface area (Å²) in [7, 11) is -3.69. The van der Waals surface area contributed by atoms with E-state index in [2.05, 4.69) is 5.32 Å². The Bertz CT molecular complexity index is 859. The van der Waals surface area contributed by atoms with Crippen molar-refractivity contribution in [3.8, 4) is 11.5 Å². The second-order valence-electron chi connectivity index (χ2n) is 6.95. The van der Waals surface area contributed by atoms with Crippen LogP contribution in [0.2, 0.25) is 0 Å². The summed E-state index contributed by atoms with van der Waals surface area (Å²) in [4.78, 5) is 12.3. The Kier molecular flexibility index (Phi) is 5.92. The Balaban J connectivity index is 2.36. The third kappa shape index (κ3) is 5.77. The maximum Gasteiger partial charge on any atom is 0.241 e. The number of amides is 1. The molecule has 0 aliphatic carbocycles. The van der Waals surface area contributed by atoms with Gasteiger partial charge in [-0.05, 0) is 45.0 Å². The zero-order chi connectivity index (χ0) is 19.4. The molecule has 0 aliphatic heterocycles. The summed E-state index contributed by atoms with van der Waals surface area (Å²) in [5.74, 6) is 0.540. The predicted octanol–water partition coefficient (Wildman–Crippen LogP) is 3.16. The van der Waals surface area contributed by atoms with Crippen LogP contribution in [0, 0.1) is 0 Å². The van der Waals surface area contributed by atoms with E-state index in [0.29, 0.717) is 17.2 Å². The number of anilines is 1. The number of para-hydroxylation sites is 3. The first-order chi connectivity index (χ1) is 12.1. The molecule has 6 nitrogen and oxygen atoms in total. The molecule has 1 N–H and O–H groups in total. The molecule has 0 atom stereocenters. The number of benzene rings is 2. The molecule has 0 spiro atoms. The van der Waals surface area contributed by atoms with E-state index in [0.717, 1.165) is 10.6 Å². The summed E-state index contributed by atoms with van der Waals surface area (Å²) in [5.41, 5.74) is -0.150. The van der Waals surface area contributed by atoms with Gasteiger partial charge in [0.05, 0.1) is 11.9 Å². The summed E-state index contributed by atoms with van der Waals surface area (Å²) in [6.07, 6.45) is 1.07. The van der Waals surface area contributed by atoms with E-state index in [4.69, 9.17) is 4.74 Å². The maximum atomic E-state index is 12.3. The van der Waals surface area contributed by atoms with Crippen molar-refractivity contribution in [1.82, 2.24) is 5.32 Å². The van der Waals surface area contributed by atoms with Gasteiger partial charge in [0.15, 0.2) is 5.75 Å². The molecule has 7 heteroatoms. The number of nitrogens with one attached hydrogen (secondary N) is 1. The van der Waals surface area contributed by atoms with Crippen molar-refractivity contribution < 1.29 is 17.9 Å². The van der Waals surface area contributed by atoms with E-state index in [9.17, 15) is 13.2 Å². The molecule has 2 aromatic carbocycles. The van der Waals surface area contributed by atoms with Gasteiger partial charge in [-0.25, -0.2) is 8.42 Å². The molecule has 0 bridgehead atoms. The minimum Gasteiger partial charge on any atom is -0.455 e. The van der Waals surface area contributed by atoms with Crippen molar-refractivity contribution in [2.75, 3.05) is 17.1 Å². The van der Waals surface area contributed by atoms with Crippen LogP contribution in [0.3, 0.4) is 0 Å². The van der Waals surface area contributed by atoms with Crippen LogP contribution in [0.25, 0.3) is 0 Å². The third-order valence-electron chi connectivity index (χ3n) is 3.31. The first kappa shape index (κ1) is 19.8. The number of carbonyl (C=O) groups excluding carboxylic acids is 1. The summed E-state index contributed by atoms with van der Waals surface area (Å²) in [5, 5.41) is 2.77. The number of sulfonamides is 1. The standard InChI is InChI=1S/C19H24N2O4S/c1-19(2,3)20-18(22)14-21(26(4,23)24)16-12-8-9-13-17(16)25-15-10-6-5-7-11-15/h5-13H,14H2,1-4H3,(H,20,22). The van der Waals surface area contributed by atoms with E-state index in [-0.39, 0.29) is 6.54 Å². The topological polar surface area (TPSA) is 75.7 Å². The Hall–Kier alpha value is -2.54. The van der Waals surface area contributed by atoms with Crippen LogP contribution in [-0.4, -0.2) is 32.7 Å². The number of ether oxygens (including phenoxy) is 1. The quantitative estimate of drug-likeness (QED) is 0.840. The van der Waals surface area contributed by atoms with E-state index < -0.39 is 21.5 Å². The van der Waals surface area contributed by atoms with Crippen LogP contribution in [0.15, 0.2) is 54.6 Å². The third-order valence-corrected chi connectivity index (χ3v) is 4.43. The van der Waals surface area contributed by atoms with Gasteiger partial charge in [-0.3, -0.25) is 9.10 Å². The van der Waals surface area contributed by atoms with Crippen LogP contribution < -0.4 is 14.4 Å². The van der Waals surface area contributed by atoms with Crippen LogP contribution in [0.5, 0.6) is 11.5 Å². The van der Waals surface area contributed by atoms with Crippen molar-refractivity contribution in [1.29, 1.82) is 0 Å². The smallest absolute Gasteiger partial charge is 0.241 e. The minimum atomic E-state index is -3.69. The molecule has 0 heterocycles. The van der Waals surface area contributed by atoms with Gasteiger partial charge in [-0.15, -0.1) is 0 Å². The van der Waals surface area contributed by atoms with Gasteiger partial charge in [0.2, 0.25) is 15.9 Å². The number of hydrogen-bond donors (Lipinski definition) is 1. The fourth-order valence-corrected chi connectivity index (χ4v) is 3.19. The lowest BCUT2D eigenvalue weighted by molar-refractivity contribution is -0.121. The Labute approximate surface area is 154 Å². The fourth-order valence-electron chi connectivity index (χ4n) is 2.33. The molecule has 0 aliphatic rings. The lowest BCUT2D eigenvalue weighted by Gasteiger charge is -2.27. The van der Waals surface area contributed by atoms with Crippen molar-refractivity contribution in [3.05, 3.63) is 54.6 Å². The number of carbonyl (C=O) groups is 1. The van der Waals surface area contributed by atoms with E-state index in [1.54, 1.807) is 36.4 Å². The van der Waals surface area contributed by atoms with E-state index >= 15 is 0 Å². The summed E-state index contributed by atoms with van der Waals surface area (Å²) in [6.45, 7) is 5.18. The Morgan fingerprint density at radius 2 is 1.62 bits per heavy atom. The Morgan fingerprint density at radius 3 is 2.19 bits per heavy atom. The zero-order valence-corrected chi connectivity index (χ0v) is 16.2. The molecule has 0 saturated carbocycles. The molecule has 2 aromatic rings. The average molecular weight is 376 g/mol. The molecule has 26 heavy (non-hydrogen) atoms. The number of nitrogens with zero attached hydrogens (tertiary/aromatic N) is 1. The highest BCUT2D eigenvalue weighted by atomic mass is 32.2. The molecule has 1 amide bonds. The normalized spacial score (nSPS) is 11.7. The molecule has 0 saturated heterocycles.